The SMILES string of the molecule is CCc1c(NN)ncnc1NCCOCC(F)F. The molecule has 18 heavy (non-hydrogen) atoms. The van der Waals surface area contributed by atoms with Gasteiger partial charge in [-0.15, -0.1) is 0 Å². The van der Waals surface area contributed by atoms with Gasteiger partial charge in [0, 0.05) is 12.1 Å². The largest absolute Gasteiger partial charge is 0.374 e. The van der Waals surface area contributed by atoms with Gasteiger partial charge in [-0.3, -0.25) is 0 Å². The second-order valence-electron chi connectivity index (χ2n) is 3.44. The lowest BCUT2D eigenvalue weighted by Crippen LogP contribution is -2.17. The molecule has 8 heteroatoms. The zero-order valence-electron chi connectivity index (χ0n) is 10.1. The molecule has 0 aliphatic carbocycles. The van der Waals surface area contributed by atoms with Crippen LogP contribution >= 0.6 is 0 Å². The Morgan fingerprint density at radius 1 is 1.39 bits per heavy atom. The lowest BCUT2D eigenvalue weighted by molar-refractivity contribution is 0.0214. The van der Waals surface area contributed by atoms with E-state index in [1.807, 2.05) is 6.92 Å². The van der Waals surface area contributed by atoms with E-state index in [2.05, 4.69) is 20.7 Å². The molecule has 0 saturated heterocycles. The molecule has 0 aromatic carbocycles. The van der Waals surface area contributed by atoms with Crippen molar-refractivity contribution in [1.82, 2.24) is 9.97 Å². The first-order valence-corrected chi connectivity index (χ1v) is 5.59. The Kier molecular flexibility index (Phi) is 6.23. The van der Waals surface area contributed by atoms with Crippen LogP contribution in [0, 0.1) is 0 Å². The van der Waals surface area contributed by atoms with Crippen molar-refractivity contribution >= 4 is 11.6 Å². The summed E-state index contributed by atoms with van der Waals surface area (Å²) in [7, 11) is 0. The second kappa shape index (κ2) is 7.72. The van der Waals surface area contributed by atoms with E-state index in [1.54, 1.807) is 0 Å². The second-order valence-corrected chi connectivity index (χ2v) is 3.44. The molecule has 0 radical (unpaired) electrons. The number of nitrogens with one attached hydrogen (secondary N) is 2. The minimum Gasteiger partial charge on any atom is -0.374 e. The molecule has 6 nitrogen and oxygen atoms in total. The van der Waals surface area contributed by atoms with Crippen molar-refractivity contribution in [2.24, 2.45) is 5.84 Å². The summed E-state index contributed by atoms with van der Waals surface area (Å²) >= 11 is 0. The third-order valence-corrected chi connectivity index (χ3v) is 2.22. The van der Waals surface area contributed by atoms with Gasteiger partial charge >= 0.3 is 0 Å². The van der Waals surface area contributed by atoms with Crippen LogP contribution in [0.15, 0.2) is 6.33 Å². The fourth-order valence-electron chi connectivity index (χ4n) is 1.44. The van der Waals surface area contributed by atoms with Crippen LogP contribution in [-0.2, 0) is 11.2 Å². The Morgan fingerprint density at radius 3 is 2.72 bits per heavy atom. The number of aromatic nitrogens is 2. The molecule has 0 aliphatic heterocycles. The third kappa shape index (κ3) is 4.38. The van der Waals surface area contributed by atoms with Gasteiger partial charge in [-0.25, -0.2) is 24.6 Å². The van der Waals surface area contributed by atoms with E-state index >= 15 is 0 Å². The molecular weight excluding hydrogens is 244 g/mol. The number of hydrazine groups is 1. The maximum Gasteiger partial charge on any atom is 0.261 e. The molecule has 0 aliphatic rings. The Hall–Kier alpha value is -1.54. The molecule has 0 atom stereocenters. The molecule has 0 spiro atoms. The summed E-state index contributed by atoms with van der Waals surface area (Å²) in [5, 5.41) is 3.00. The summed E-state index contributed by atoms with van der Waals surface area (Å²) in [5.74, 6) is 6.50. The fraction of sp³-hybridized carbons (Fsp3) is 0.600. The zero-order valence-corrected chi connectivity index (χ0v) is 10.1. The molecule has 0 bridgehead atoms. The number of alkyl halides is 2. The highest BCUT2D eigenvalue weighted by Gasteiger charge is 2.08. The summed E-state index contributed by atoms with van der Waals surface area (Å²) in [4.78, 5) is 8.05. The minimum atomic E-state index is -2.44. The maximum absolute atomic E-state index is 11.8. The van der Waals surface area contributed by atoms with Gasteiger partial charge in [-0.1, -0.05) is 6.92 Å². The van der Waals surface area contributed by atoms with Crippen LogP contribution in [0.1, 0.15) is 12.5 Å². The van der Waals surface area contributed by atoms with Gasteiger partial charge in [0.25, 0.3) is 6.43 Å². The van der Waals surface area contributed by atoms with E-state index in [1.165, 1.54) is 6.33 Å². The van der Waals surface area contributed by atoms with Crippen LogP contribution in [0.2, 0.25) is 0 Å². The van der Waals surface area contributed by atoms with E-state index < -0.39 is 13.0 Å². The third-order valence-electron chi connectivity index (χ3n) is 2.22. The van der Waals surface area contributed by atoms with Gasteiger partial charge in [0.15, 0.2) is 0 Å². The zero-order chi connectivity index (χ0) is 13.4. The number of hydrogen-bond donors (Lipinski definition) is 3. The lowest BCUT2D eigenvalue weighted by Gasteiger charge is -2.12. The minimum absolute atomic E-state index is 0.183. The fourth-order valence-corrected chi connectivity index (χ4v) is 1.44. The Bertz CT molecular complexity index is 364. The van der Waals surface area contributed by atoms with Crippen LogP contribution in [0.4, 0.5) is 20.4 Å². The Balaban J connectivity index is 2.46. The van der Waals surface area contributed by atoms with Crippen molar-refractivity contribution in [2.75, 3.05) is 30.5 Å². The number of nitrogens with zero attached hydrogens (tertiary/aromatic N) is 2. The first kappa shape index (κ1) is 14.5. The molecule has 1 aromatic rings. The molecule has 0 unspecified atom stereocenters. The first-order valence-electron chi connectivity index (χ1n) is 5.59. The summed E-state index contributed by atoms with van der Waals surface area (Å²) in [6.07, 6.45) is -0.375. The number of nitrogen functional groups attached to an aromatic ring is 1. The summed E-state index contributed by atoms with van der Waals surface area (Å²) in [6.45, 7) is 1.96. The molecule has 0 fully saturated rings. The number of halogens is 2. The average Bonchev–Trinajstić information content (AvgIpc) is 2.37. The van der Waals surface area contributed by atoms with Crippen molar-refractivity contribution in [1.29, 1.82) is 0 Å². The van der Waals surface area contributed by atoms with E-state index in [9.17, 15) is 8.78 Å². The van der Waals surface area contributed by atoms with Crippen molar-refractivity contribution in [3.05, 3.63) is 11.9 Å². The Labute approximate surface area is 104 Å². The molecular formula is C10H17F2N5O. The highest BCUT2D eigenvalue weighted by atomic mass is 19.3. The summed E-state index contributed by atoms with van der Waals surface area (Å²) < 4.78 is 28.4. The molecule has 1 rings (SSSR count). The quantitative estimate of drug-likeness (QED) is 0.368. The number of ether oxygens (including phenoxy) is 1. The topological polar surface area (TPSA) is 85.1 Å². The number of anilines is 2. The average molecular weight is 261 g/mol. The van der Waals surface area contributed by atoms with Gasteiger partial charge in [0.2, 0.25) is 0 Å². The molecule has 0 amide bonds. The number of rotatable bonds is 8. The smallest absolute Gasteiger partial charge is 0.261 e. The van der Waals surface area contributed by atoms with E-state index in [0.717, 1.165) is 5.56 Å². The van der Waals surface area contributed by atoms with Gasteiger partial charge in [0.1, 0.15) is 24.6 Å². The summed E-state index contributed by atoms with van der Waals surface area (Å²) in [6, 6.07) is 0. The van der Waals surface area contributed by atoms with Crippen molar-refractivity contribution in [2.45, 2.75) is 19.8 Å². The standard InChI is InChI=1S/C10H17F2N5O/c1-2-7-9(15-6-16-10(7)17-13)14-3-4-18-5-8(11)12/h6,8H,2-5,13H2,1H3,(H2,14,15,16,17). The molecule has 102 valence electrons. The molecule has 4 N–H and O–H groups in total. The predicted molar refractivity (Wildman–Crippen MR) is 64.5 cm³/mol. The van der Waals surface area contributed by atoms with Crippen LogP contribution in [0.3, 0.4) is 0 Å². The van der Waals surface area contributed by atoms with Crippen molar-refractivity contribution in [3.63, 3.8) is 0 Å². The monoisotopic (exact) mass is 261 g/mol. The van der Waals surface area contributed by atoms with Crippen LogP contribution in [-0.4, -0.2) is 36.2 Å². The number of hydrogen-bond acceptors (Lipinski definition) is 6. The van der Waals surface area contributed by atoms with Gasteiger partial charge in [-0.2, -0.15) is 0 Å². The van der Waals surface area contributed by atoms with Crippen LogP contribution < -0.4 is 16.6 Å². The highest BCUT2D eigenvalue weighted by Crippen LogP contribution is 2.18. The summed E-state index contributed by atoms with van der Waals surface area (Å²) in [5.41, 5.74) is 3.32. The Morgan fingerprint density at radius 2 is 2.11 bits per heavy atom. The normalized spacial score (nSPS) is 10.7. The number of nitrogens with two attached hydrogens (primary N) is 1. The molecule has 0 saturated carbocycles. The van der Waals surface area contributed by atoms with Gasteiger partial charge in [0.05, 0.1) is 6.61 Å². The molecule has 1 aromatic heterocycles. The first-order chi connectivity index (χ1) is 8.69. The predicted octanol–water partition coefficient (Wildman–Crippen LogP) is 1.02. The van der Waals surface area contributed by atoms with Gasteiger partial charge in [-0.05, 0) is 6.42 Å². The van der Waals surface area contributed by atoms with E-state index in [4.69, 9.17) is 10.6 Å². The van der Waals surface area contributed by atoms with Crippen molar-refractivity contribution in [3.8, 4) is 0 Å². The molecule has 1 heterocycles. The van der Waals surface area contributed by atoms with Crippen LogP contribution in [0.25, 0.3) is 0 Å². The highest BCUT2D eigenvalue weighted by molar-refractivity contribution is 5.56. The van der Waals surface area contributed by atoms with Crippen molar-refractivity contribution < 1.29 is 13.5 Å². The van der Waals surface area contributed by atoms with E-state index in [-0.39, 0.29) is 6.61 Å². The van der Waals surface area contributed by atoms with Crippen LogP contribution in [0.5, 0.6) is 0 Å². The maximum atomic E-state index is 11.8. The van der Waals surface area contributed by atoms with Gasteiger partial charge < -0.3 is 15.5 Å². The lowest BCUT2D eigenvalue weighted by atomic mass is 10.2. The van der Waals surface area contributed by atoms with E-state index in [0.29, 0.717) is 24.6 Å².